The molecule has 0 unspecified atom stereocenters. The summed E-state index contributed by atoms with van der Waals surface area (Å²) < 4.78 is 0. The van der Waals surface area contributed by atoms with Crippen LogP contribution < -0.4 is 0 Å². The Balaban J connectivity index is 1.65. The number of hydrogen-bond acceptors (Lipinski definition) is 5. The molecule has 0 bridgehead atoms. The van der Waals surface area contributed by atoms with E-state index in [1.807, 2.05) is 0 Å². The maximum Gasteiger partial charge on any atom is 0.201 e. The summed E-state index contributed by atoms with van der Waals surface area (Å²) in [6, 6.07) is 0. The van der Waals surface area contributed by atoms with E-state index in [9.17, 15) is 0 Å². The Morgan fingerprint density at radius 1 is 1.36 bits per heavy atom. The molecular weight excluding hydrogens is 276 g/mol. The van der Waals surface area contributed by atoms with Crippen LogP contribution in [0.4, 0.5) is 0 Å². The molecule has 2 aromatic heterocycles. The highest BCUT2D eigenvalue weighted by Crippen LogP contribution is 2.25. The van der Waals surface area contributed by atoms with Crippen LogP contribution in [0.5, 0.6) is 0 Å². The molecule has 1 aliphatic rings. The van der Waals surface area contributed by atoms with Gasteiger partial charge in [0.2, 0.25) is 5.82 Å². The molecule has 1 N–H and O–H groups in total. The Hall–Kier alpha value is -1.82. The van der Waals surface area contributed by atoms with Gasteiger partial charge in [0.05, 0.1) is 6.20 Å². The van der Waals surface area contributed by atoms with E-state index in [1.54, 1.807) is 18.6 Å². The molecule has 0 aliphatic carbocycles. The van der Waals surface area contributed by atoms with Gasteiger partial charge in [0, 0.05) is 24.9 Å². The highest BCUT2D eigenvalue weighted by atomic mass is 15.2. The molecule has 1 atom stereocenters. The second-order valence-corrected chi connectivity index (χ2v) is 6.46. The summed E-state index contributed by atoms with van der Waals surface area (Å²) in [6.45, 7) is 8.02. The van der Waals surface area contributed by atoms with E-state index in [0.717, 1.165) is 24.0 Å². The number of piperidine rings is 1. The van der Waals surface area contributed by atoms with Crippen LogP contribution in [0.1, 0.15) is 44.9 Å². The van der Waals surface area contributed by atoms with E-state index >= 15 is 0 Å². The van der Waals surface area contributed by atoms with Crippen molar-refractivity contribution in [3.63, 3.8) is 0 Å². The Labute approximate surface area is 131 Å². The third kappa shape index (κ3) is 3.68. The molecule has 6 nitrogen and oxygen atoms in total. The monoisotopic (exact) mass is 300 g/mol. The number of H-pyrrole nitrogens is 1. The lowest BCUT2D eigenvalue weighted by Crippen LogP contribution is -2.35. The third-order valence-corrected chi connectivity index (χ3v) is 4.21. The summed E-state index contributed by atoms with van der Waals surface area (Å²) in [5.74, 6) is 2.82. The molecular formula is C16H24N6. The second-order valence-electron chi connectivity index (χ2n) is 6.46. The van der Waals surface area contributed by atoms with Gasteiger partial charge in [-0.25, -0.2) is 9.97 Å². The Kier molecular flexibility index (Phi) is 4.77. The largest absolute Gasteiger partial charge is 0.303 e. The van der Waals surface area contributed by atoms with Crippen molar-refractivity contribution in [2.24, 2.45) is 5.92 Å². The van der Waals surface area contributed by atoms with Gasteiger partial charge in [-0.3, -0.25) is 10.1 Å². The molecule has 1 saturated heterocycles. The fourth-order valence-corrected chi connectivity index (χ4v) is 2.91. The van der Waals surface area contributed by atoms with Gasteiger partial charge >= 0.3 is 0 Å². The molecule has 118 valence electrons. The normalized spacial score (nSPS) is 19.7. The van der Waals surface area contributed by atoms with Crippen molar-refractivity contribution in [1.29, 1.82) is 0 Å². The van der Waals surface area contributed by atoms with E-state index < -0.39 is 0 Å². The molecule has 0 radical (unpaired) electrons. The Morgan fingerprint density at radius 3 is 3.05 bits per heavy atom. The van der Waals surface area contributed by atoms with Crippen molar-refractivity contribution in [3.8, 4) is 11.5 Å². The van der Waals surface area contributed by atoms with E-state index in [1.165, 1.54) is 32.4 Å². The summed E-state index contributed by atoms with van der Waals surface area (Å²) in [5.41, 5.74) is 0.720. The van der Waals surface area contributed by atoms with Crippen LogP contribution in [0, 0.1) is 5.92 Å². The minimum absolute atomic E-state index is 0.443. The van der Waals surface area contributed by atoms with E-state index in [0.29, 0.717) is 11.7 Å². The number of rotatable bonds is 5. The lowest BCUT2D eigenvalue weighted by molar-refractivity contribution is 0.195. The lowest BCUT2D eigenvalue weighted by atomic mass is 9.97. The van der Waals surface area contributed by atoms with Crippen LogP contribution in [0.25, 0.3) is 11.5 Å². The van der Waals surface area contributed by atoms with E-state index in [2.05, 4.69) is 43.9 Å². The van der Waals surface area contributed by atoms with Crippen molar-refractivity contribution in [3.05, 3.63) is 24.4 Å². The highest BCUT2D eigenvalue weighted by molar-refractivity contribution is 5.46. The molecule has 1 aliphatic heterocycles. The predicted molar refractivity (Wildman–Crippen MR) is 85.3 cm³/mol. The quantitative estimate of drug-likeness (QED) is 0.918. The van der Waals surface area contributed by atoms with Crippen molar-refractivity contribution >= 4 is 0 Å². The lowest BCUT2D eigenvalue weighted by Gasteiger charge is -2.32. The van der Waals surface area contributed by atoms with Crippen molar-refractivity contribution in [2.45, 2.75) is 39.0 Å². The smallest absolute Gasteiger partial charge is 0.201 e. The van der Waals surface area contributed by atoms with Crippen molar-refractivity contribution < 1.29 is 0 Å². The van der Waals surface area contributed by atoms with Crippen molar-refractivity contribution in [1.82, 2.24) is 30.0 Å². The summed E-state index contributed by atoms with van der Waals surface area (Å²) >= 11 is 0. The molecule has 0 aromatic carbocycles. The fourth-order valence-electron chi connectivity index (χ4n) is 2.91. The summed E-state index contributed by atoms with van der Waals surface area (Å²) in [5, 5.41) is 7.41. The average molecular weight is 300 g/mol. The van der Waals surface area contributed by atoms with Crippen LogP contribution in [-0.2, 0) is 0 Å². The zero-order valence-electron chi connectivity index (χ0n) is 13.4. The van der Waals surface area contributed by atoms with Crippen LogP contribution in [0.2, 0.25) is 0 Å². The average Bonchev–Trinajstić information content (AvgIpc) is 3.04. The van der Waals surface area contributed by atoms with E-state index in [4.69, 9.17) is 0 Å². The van der Waals surface area contributed by atoms with E-state index in [-0.39, 0.29) is 0 Å². The van der Waals surface area contributed by atoms with Gasteiger partial charge in [0.1, 0.15) is 11.5 Å². The molecule has 0 spiro atoms. The van der Waals surface area contributed by atoms with Gasteiger partial charge in [-0.1, -0.05) is 13.8 Å². The van der Waals surface area contributed by atoms with Crippen molar-refractivity contribution in [2.75, 3.05) is 19.6 Å². The second kappa shape index (κ2) is 6.96. The first-order valence-electron chi connectivity index (χ1n) is 8.13. The highest BCUT2D eigenvalue weighted by Gasteiger charge is 2.24. The van der Waals surface area contributed by atoms with Crippen LogP contribution >= 0.6 is 0 Å². The Morgan fingerprint density at radius 2 is 2.27 bits per heavy atom. The topological polar surface area (TPSA) is 70.6 Å². The molecule has 1 fully saturated rings. The maximum absolute atomic E-state index is 4.64. The number of nitrogens with one attached hydrogen (secondary N) is 1. The summed E-state index contributed by atoms with van der Waals surface area (Å²) in [4.78, 5) is 15.5. The standard InChI is InChI=1S/C16H24N6/c1-12(2)5-9-22-8-3-4-13(11-22)15-19-16(21-20-15)14-10-17-6-7-18-14/h6-7,10,12-13H,3-5,8-9,11H2,1-2H3,(H,19,20,21)/t13-/m0/s1. The van der Waals surface area contributed by atoms with Gasteiger partial charge in [-0.15, -0.1) is 0 Å². The summed E-state index contributed by atoms with van der Waals surface area (Å²) in [6.07, 6.45) is 8.68. The molecule has 0 amide bonds. The molecule has 3 rings (SSSR count). The van der Waals surface area contributed by atoms with Gasteiger partial charge in [-0.05, 0) is 38.3 Å². The van der Waals surface area contributed by atoms with Crippen LogP contribution in [0.15, 0.2) is 18.6 Å². The number of likely N-dealkylation sites (tertiary alicyclic amines) is 1. The molecule has 6 heteroatoms. The first kappa shape index (κ1) is 15.1. The molecule has 22 heavy (non-hydrogen) atoms. The molecule has 3 heterocycles. The van der Waals surface area contributed by atoms with Gasteiger partial charge in [0.15, 0.2) is 0 Å². The zero-order valence-corrected chi connectivity index (χ0v) is 13.4. The third-order valence-electron chi connectivity index (χ3n) is 4.21. The van der Waals surface area contributed by atoms with Gasteiger partial charge in [0.25, 0.3) is 0 Å². The maximum atomic E-state index is 4.64. The fraction of sp³-hybridized carbons (Fsp3) is 0.625. The minimum Gasteiger partial charge on any atom is -0.303 e. The first-order valence-corrected chi connectivity index (χ1v) is 8.13. The number of nitrogens with zero attached hydrogens (tertiary/aromatic N) is 5. The number of aromatic nitrogens is 5. The Bertz CT molecular complexity index is 579. The zero-order chi connectivity index (χ0) is 15.4. The summed E-state index contributed by atoms with van der Waals surface area (Å²) in [7, 11) is 0. The molecule has 2 aromatic rings. The van der Waals surface area contributed by atoms with Crippen LogP contribution in [0.3, 0.4) is 0 Å². The number of hydrogen-bond donors (Lipinski definition) is 1. The SMILES string of the molecule is CC(C)CCN1CCC[C@H](c2nc(-c3cnccn3)n[nH]2)C1. The van der Waals surface area contributed by atoms with Crippen LogP contribution in [-0.4, -0.2) is 49.7 Å². The first-order chi connectivity index (χ1) is 10.7. The van der Waals surface area contributed by atoms with Gasteiger partial charge in [-0.2, -0.15) is 5.10 Å². The molecule has 0 saturated carbocycles. The minimum atomic E-state index is 0.443. The predicted octanol–water partition coefficient (Wildman–Crippen LogP) is 2.49. The van der Waals surface area contributed by atoms with Gasteiger partial charge < -0.3 is 4.90 Å². The number of aromatic amines is 1.